The molecule has 0 heterocycles. The highest BCUT2D eigenvalue weighted by molar-refractivity contribution is 5.86. The Labute approximate surface area is 172 Å². The number of aliphatic carboxylic acids is 1. The van der Waals surface area contributed by atoms with E-state index in [4.69, 9.17) is 5.11 Å². The minimum atomic E-state index is -3.35. The van der Waals surface area contributed by atoms with Crippen LogP contribution in [0.3, 0.4) is 0 Å². The predicted octanol–water partition coefficient (Wildman–Crippen LogP) is 4.79. The van der Waals surface area contributed by atoms with Crippen LogP contribution in [0.1, 0.15) is 90.9 Å². The number of unbranched alkanes of at least 4 members (excludes halogenated alkanes) is 3. The second-order valence-corrected chi connectivity index (χ2v) is 8.81. The monoisotopic (exact) mass is 418 g/mol. The standard InChI is InChI=1S/C22H36F2O5/c1-15(2)8-7-13-22(23,24)20(27)12-11-17-16(18(25)14-19(17)26)9-5-3-4-6-10-21(28)29/h15-17,19,26H,3-14H2,1-2H3,(H,28,29)/t16?,17?,19-/m1/s1. The van der Waals surface area contributed by atoms with Gasteiger partial charge in [-0.05, 0) is 37.5 Å². The second-order valence-electron chi connectivity index (χ2n) is 8.81. The summed E-state index contributed by atoms with van der Waals surface area (Å²) >= 11 is 0. The first-order chi connectivity index (χ1) is 13.5. The Morgan fingerprint density at radius 3 is 2.34 bits per heavy atom. The Kier molecular flexibility index (Phi) is 10.9. The normalized spacial score (nSPS) is 22.4. The molecule has 0 amide bonds. The van der Waals surface area contributed by atoms with Crippen molar-refractivity contribution in [2.75, 3.05) is 0 Å². The molecule has 1 fully saturated rings. The zero-order valence-corrected chi connectivity index (χ0v) is 17.7. The van der Waals surface area contributed by atoms with Crippen LogP contribution >= 0.6 is 0 Å². The van der Waals surface area contributed by atoms with Crippen molar-refractivity contribution in [1.29, 1.82) is 0 Å². The van der Waals surface area contributed by atoms with Gasteiger partial charge in [0.1, 0.15) is 5.78 Å². The third-order valence-corrected chi connectivity index (χ3v) is 5.88. The molecule has 29 heavy (non-hydrogen) atoms. The molecule has 0 spiro atoms. The molecule has 2 N–H and O–H groups in total. The molecule has 0 radical (unpaired) electrons. The number of rotatable bonds is 15. The molecule has 0 saturated heterocycles. The molecule has 3 atom stereocenters. The van der Waals surface area contributed by atoms with Crippen molar-refractivity contribution in [3.05, 3.63) is 0 Å². The lowest BCUT2D eigenvalue weighted by Gasteiger charge is -2.22. The highest BCUT2D eigenvalue weighted by Gasteiger charge is 2.43. The van der Waals surface area contributed by atoms with Gasteiger partial charge in [0.05, 0.1) is 6.10 Å². The lowest BCUT2D eigenvalue weighted by Crippen LogP contribution is -2.30. The van der Waals surface area contributed by atoms with Gasteiger partial charge in [0.15, 0.2) is 0 Å². The van der Waals surface area contributed by atoms with Crippen LogP contribution in [0.2, 0.25) is 0 Å². The summed E-state index contributed by atoms with van der Waals surface area (Å²) in [6, 6.07) is 0. The molecule has 168 valence electrons. The zero-order valence-electron chi connectivity index (χ0n) is 17.7. The van der Waals surface area contributed by atoms with Gasteiger partial charge in [0.25, 0.3) is 0 Å². The number of alkyl halides is 2. The Morgan fingerprint density at radius 2 is 1.72 bits per heavy atom. The van der Waals surface area contributed by atoms with Crippen LogP contribution in [0.15, 0.2) is 0 Å². The first kappa shape index (κ1) is 25.7. The first-order valence-corrected chi connectivity index (χ1v) is 10.9. The number of halogens is 2. The van der Waals surface area contributed by atoms with Crippen LogP contribution in [0, 0.1) is 17.8 Å². The minimum absolute atomic E-state index is 0.0212. The SMILES string of the molecule is CC(C)CCCC(F)(F)C(=O)CCC1C(CCCCCCC(=O)O)C(=O)C[C@H]1O. The molecule has 0 aliphatic heterocycles. The van der Waals surface area contributed by atoms with Crippen molar-refractivity contribution in [2.24, 2.45) is 17.8 Å². The maximum atomic E-state index is 14.1. The van der Waals surface area contributed by atoms with Crippen molar-refractivity contribution in [3.8, 4) is 0 Å². The lowest BCUT2D eigenvalue weighted by atomic mass is 9.85. The van der Waals surface area contributed by atoms with Gasteiger partial charge >= 0.3 is 11.9 Å². The quantitative estimate of drug-likeness (QED) is 0.373. The average molecular weight is 419 g/mol. The van der Waals surface area contributed by atoms with Crippen molar-refractivity contribution in [1.82, 2.24) is 0 Å². The summed E-state index contributed by atoms with van der Waals surface area (Å²) in [6.45, 7) is 3.90. The third kappa shape index (κ3) is 9.32. The highest BCUT2D eigenvalue weighted by Crippen LogP contribution is 2.37. The smallest absolute Gasteiger partial charge is 0.305 e. The fourth-order valence-electron chi connectivity index (χ4n) is 4.13. The van der Waals surface area contributed by atoms with Gasteiger partial charge in [-0.3, -0.25) is 14.4 Å². The molecule has 2 unspecified atom stereocenters. The van der Waals surface area contributed by atoms with E-state index in [2.05, 4.69) is 0 Å². The van der Waals surface area contributed by atoms with E-state index in [1.54, 1.807) is 0 Å². The Bertz CT molecular complexity index is 547. The van der Waals surface area contributed by atoms with E-state index in [1.807, 2.05) is 13.8 Å². The van der Waals surface area contributed by atoms with Crippen molar-refractivity contribution >= 4 is 17.5 Å². The number of Topliss-reactive ketones (excluding diaryl/α,β-unsaturated/α-hetero) is 2. The van der Waals surface area contributed by atoms with E-state index in [1.165, 1.54) is 0 Å². The van der Waals surface area contributed by atoms with Gasteiger partial charge < -0.3 is 10.2 Å². The fourth-order valence-corrected chi connectivity index (χ4v) is 4.13. The van der Waals surface area contributed by atoms with Crippen LogP contribution in [-0.2, 0) is 14.4 Å². The number of carboxylic acids is 1. The van der Waals surface area contributed by atoms with E-state index in [0.717, 1.165) is 19.3 Å². The predicted molar refractivity (Wildman–Crippen MR) is 106 cm³/mol. The summed E-state index contributed by atoms with van der Waals surface area (Å²) in [5.41, 5.74) is 0. The Balaban J connectivity index is 2.45. The molecular weight excluding hydrogens is 382 g/mol. The average Bonchev–Trinajstić information content (AvgIpc) is 2.87. The fraction of sp³-hybridized carbons (Fsp3) is 0.864. The number of aliphatic hydroxyl groups excluding tert-OH is 1. The van der Waals surface area contributed by atoms with Gasteiger partial charge in [-0.15, -0.1) is 0 Å². The van der Waals surface area contributed by atoms with Gasteiger partial charge in [0.2, 0.25) is 5.78 Å². The number of ketones is 2. The van der Waals surface area contributed by atoms with Gasteiger partial charge in [-0.1, -0.05) is 39.5 Å². The van der Waals surface area contributed by atoms with Gasteiger partial charge in [-0.25, -0.2) is 0 Å². The summed E-state index contributed by atoms with van der Waals surface area (Å²) in [6.07, 6.45) is 2.94. The molecular formula is C22H36F2O5. The number of carbonyl (C=O) groups excluding carboxylic acids is 2. The number of carboxylic acid groups (broad SMARTS) is 1. The van der Waals surface area contributed by atoms with Crippen LogP contribution in [-0.4, -0.2) is 39.8 Å². The number of hydrogen-bond donors (Lipinski definition) is 2. The van der Waals surface area contributed by atoms with E-state index >= 15 is 0 Å². The van der Waals surface area contributed by atoms with Gasteiger partial charge in [-0.2, -0.15) is 8.78 Å². The Morgan fingerprint density at radius 1 is 1.07 bits per heavy atom. The van der Waals surface area contributed by atoms with E-state index in [0.29, 0.717) is 31.6 Å². The maximum absolute atomic E-state index is 14.1. The first-order valence-electron chi connectivity index (χ1n) is 10.9. The highest BCUT2D eigenvalue weighted by atomic mass is 19.3. The summed E-state index contributed by atoms with van der Waals surface area (Å²) in [5, 5.41) is 18.8. The molecule has 1 rings (SSSR count). The molecule has 7 heteroatoms. The van der Waals surface area contributed by atoms with Crippen molar-refractivity contribution in [3.63, 3.8) is 0 Å². The third-order valence-electron chi connectivity index (χ3n) is 5.88. The van der Waals surface area contributed by atoms with Crippen LogP contribution in [0.5, 0.6) is 0 Å². The number of hydrogen-bond acceptors (Lipinski definition) is 4. The van der Waals surface area contributed by atoms with Crippen LogP contribution < -0.4 is 0 Å². The van der Waals surface area contributed by atoms with E-state index < -0.39 is 42.0 Å². The van der Waals surface area contributed by atoms with Crippen LogP contribution in [0.4, 0.5) is 8.78 Å². The summed E-state index contributed by atoms with van der Waals surface area (Å²) in [7, 11) is 0. The Hall–Kier alpha value is -1.37. The lowest BCUT2D eigenvalue weighted by molar-refractivity contribution is -0.144. The van der Waals surface area contributed by atoms with Crippen molar-refractivity contribution in [2.45, 2.75) is 103 Å². The molecule has 1 aliphatic carbocycles. The van der Waals surface area contributed by atoms with Gasteiger partial charge in [0, 0.05) is 31.6 Å². The molecule has 0 aromatic heterocycles. The second kappa shape index (κ2) is 12.4. The maximum Gasteiger partial charge on any atom is 0.305 e. The summed E-state index contributed by atoms with van der Waals surface area (Å²) in [4.78, 5) is 34.7. The topological polar surface area (TPSA) is 91.7 Å². The molecule has 0 aromatic carbocycles. The summed E-state index contributed by atoms with van der Waals surface area (Å²) in [5.74, 6) is -5.87. The van der Waals surface area contributed by atoms with E-state index in [9.17, 15) is 28.3 Å². The van der Waals surface area contributed by atoms with Crippen LogP contribution in [0.25, 0.3) is 0 Å². The number of aliphatic hydroxyl groups is 1. The molecule has 5 nitrogen and oxygen atoms in total. The zero-order chi connectivity index (χ0) is 22.0. The number of carbonyl (C=O) groups is 3. The van der Waals surface area contributed by atoms with Crippen molar-refractivity contribution < 1.29 is 33.4 Å². The molecule has 0 aromatic rings. The molecule has 1 saturated carbocycles. The molecule has 1 aliphatic rings. The van der Waals surface area contributed by atoms with E-state index in [-0.39, 0.29) is 31.5 Å². The summed E-state index contributed by atoms with van der Waals surface area (Å²) < 4.78 is 28.1. The molecule has 0 bridgehead atoms. The minimum Gasteiger partial charge on any atom is -0.481 e. The largest absolute Gasteiger partial charge is 0.481 e.